The summed E-state index contributed by atoms with van der Waals surface area (Å²) in [6.45, 7) is 7.79. The molecular weight excluding hydrogens is 270 g/mol. The Kier molecular flexibility index (Phi) is 4.20. The SMILES string of the molecule is Cc1cc(C)c(C(=O)Nc2nc(C(C)N)cs2)c(C)c1. The Bertz CT molecular complexity index is 623. The van der Waals surface area contributed by atoms with Crippen molar-refractivity contribution in [2.45, 2.75) is 33.7 Å². The summed E-state index contributed by atoms with van der Waals surface area (Å²) in [4.78, 5) is 16.7. The maximum absolute atomic E-state index is 12.4. The first-order valence-electron chi connectivity index (χ1n) is 6.48. The number of nitrogens with two attached hydrogens (primary N) is 1. The highest BCUT2D eigenvalue weighted by atomic mass is 32.1. The fourth-order valence-electron chi connectivity index (χ4n) is 2.25. The molecule has 1 heterocycles. The molecule has 0 fully saturated rings. The number of carbonyl (C=O) groups excluding carboxylic acids is 1. The molecule has 5 heteroatoms. The number of aromatic nitrogens is 1. The zero-order valence-electron chi connectivity index (χ0n) is 12.2. The van der Waals surface area contributed by atoms with Crippen molar-refractivity contribution in [1.82, 2.24) is 4.98 Å². The molecule has 1 aromatic heterocycles. The average molecular weight is 289 g/mol. The number of nitrogens with zero attached hydrogens (tertiary/aromatic N) is 1. The summed E-state index contributed by atoms with van der Waals surface area (Å²) in [5.41, 5.74) is 10.4. The van der Waals surface area contributed by atoms with Crippen LogP contribution in [-0.2, 0) is 0 Å². The molecule has 2 rings (SSSR count). The Morgan fingerprint density at radius 3 is 2.40 bits per heavy atom. The number of benzene rings is 1. The molecule has 1 atom stereocenters. The molecule has 1 amide bonds. The smallest absolute Gasteiger partial charge is 0.257 e. The molecular formula is C15H19N3OS. The Morgan fingerprint density at radius 2 is 1.90 bits per heavy atom. The molecule has 0 aliphatic heterocycles. The number of amides is 1. The number of hydrogen-bond acceptors (Lipinski definition) is 4. The van der Waals surface area contributed by atoms with Gasteiger partial charge in [0.15, 0.2) is 5.13 Å². The van der Waals surface area contributed by atoms with Crippen LogP contribution in [0.25, 0.3) is 0 Å². The van der Waals surface area contributed by atoms with Gasteiger partial charge in [-0.1, -0.05) is 17.7 Å². The minimum Gasteiger partial charge on any atom is -0.323 e. The number of carbonyl (C=O) groups is 1. The summed E-state index contributed by atoms with van der Waals surface area (Å²) in [5, 5.41) is 5.30. The highest BCUT2D eigenvalue weighted by Crippen LogP contribution is 2.22. The second-order valence-electron chi connectivity index (χ2n) is 5.09. The summed E-state index contributed by atoms with van der Waals surface area (Å²) in [6, 6.07) is 3.90. The number of thiazole rings is 1. The summed E-state index contributed by atoms with van der Waals surface area (Å²) >= 11 is 1.39. The lowest BCUT2D eigenvalue weighted by molar-refractivity contribution is 0.102. The van der Waals surface area contributed by atoms with Crippen LogP contribution in [0.3, 0.4) is 0 Å². The van der Waals surface area contributed by atoms with Gasteiger partial charge in [-0.25, -0.2) is 4.98 Å². The van der Waals surface area contributed by atoms with Crippen molar-refractivity contribution in [2.75, 3.05) is 5.32 Å². The molecule has 0 saturated carbocycles. The molecule has 3 N–H and O–H groups in total. The lowest BCUT2D eigenvalue weighted by Crippen LogP contribution is -2.15. The number of nitrogens with one attached hydrogen (secondary N) is 1. The van der Waals surface area contributed by atoms with E-state index in [0.717, 1.165) is 22.4 Å². The van der Waals surface area contributed by atoms with Crippen molar-refractivity contribution in [1.29, 1.82) is 0 Å². The van der Waals surface area contributed by atoms with Gasteiger partial charge < -0.3 is 5.73 Å². The van der Waals surface area contributed by atoms with Crippen molar-refractivity contribution in [3.8, 4) is 0 Å². The van der Waals surface area contributed by atoms with E-state index >= 15 is 0 Å². The van der Waals surface area contributed by atoms with Gasteiger partial charge in [-0.05, 0) is 38.8 Å². The largest absolute Gasteiger partial charge is 0.323 e. The van der Waals surface area contributed by atoms with E-state index in [2.05, 4.69) is 10.3 Å². The summed E-state index contributed by atoms with van der Waals surface area (Å²) in [6.07, 6.45) is 0. The van der Waals surface area contributed by atoms with Crippen molar-refractivity contribution >= 4 is 22.4 Å². The zero-order valence-corrected chi connectivity index (χ0v) is 13.0. The molecule has 20 heavy (non-hydrogen) atoms. The molecule has 0 radical (unpaired) electrons. The van der Waals surface area contributed by atoms with Gasteiger partial charge in [-0.3, -0.25) is 10.1 Å². The van der Waals surface area contributed by atoms with Crippen molar-refractivity contribution < 1.29 is 4.79 Å². The average Bonchev–Trinajstić information content (AvgIpc) is 2.75. The summed E-state index contributed by atoms with van der Waals surface area (Å²) in [7, 11) is 0. The van der Waals surface area contributed by atoms with Gasteiger partial charge >= 0.3 is 0 Å². The van der Waals surface area contributed by atoms with Crippen molar-refractivity contribution in [3.05, 3.63) is 45.5 Å². The van der Waals surface area contributed by atoms with E-state index in [0.29, 0.717) is 10.7 Å². The van der Waals surface area contributed by atoms with Crippen LogP contribution in [0.5, 0.6) is 0 Å². The minimum atomic E-state index is -0.125. The fourth-order valence-corrected chi connectivity index (χ4v) is 3.06. The topological polar surface area (TPSA) is 68.0 Å². The van der Waals surface area contributed by atoms with Crippen LogP contribution in [0.1, 0.15) is 45.7 Å². The molecule has 0 aliphatic rings. The van der Waals surface area contributed by atoms with Crippen LogP contribution in [0.2, 0.25) is 0 Å². The van der Waals surface area contributed by atoms with Gasteiger partial charge in [0.1, 0.15) is 0 Å². The van der Waals surface area contributed by atoms with E-state index in [4.69, 9.17) is 5.73 Å². The summed E-state index contributed by atoms with van der Waals surface area (Å²) < 4.78 is 0. The molecule has 4 nitrogen and oxygen atoms in total. The van der Waals surface area contributed by atoms with E-state index < -0.39 is 0 Å². The number of anilines is 1. The van der Waals surface area contributed by atoms with Gasteiger partial charge in [0.05, 0.1) is 5.69 Å². The van der Waals surface area contributed by atoms with Gasteiger partial charge in [0, 0.05) is 17.0 Å². The third-order valence-electron chi connectivity index (χ3n) is 3.11. The van der Waals surface area contributed by atoms with Crippen molar-refractivity contribution in [2.24, 2.45) is 5.73 Å². The lowest BCUT2D eigenvalue weighted by Gasteiger charge is -2.10. The standard InChI is InChI=1S/C15H19N3OS/c1-8-5-9(2)13(10(3)6-8)14(19)18-15-17-12(7-20-15)11(4)16/h5-7,11H,16H2,1-4H3,(H,17,18,19). The maximum Gasteiger partial charge on any atom is 0.257 e. The highest BCUT2D eigenvalue weighted by molar-refractivity contribution is 7.14. The Labute approximate surface area is 123 Å². The molecule has 106 valence electrons. The molecule has 0 aliphatic carbocycles. The lowest BCUT2D eigenvalue weighted by atomic mass is 9.99. The quantitative estimate of drug-likeness (QED) is 0.910. The van der Waals surface area contributed by atoms with Gasteiger partial charge in [-0.2, -0.15) is 0 Å². The van der Waals surface area contributed by atoms with E-state index in [-0.39, 0.29) is 11.9 Å². The van der Waals surface area contributed by atoms with Gasteiger partial charge in [-0.15, -0.1) is 11.3 Å². The normalized spacial score (nSPS) is 12.2. The van der Waals surface area contributed by atoms with E-state index in [1.54, 1.807) is 0 Å². The number of rotatable bonds is 3. The summed E-state index contributed by atoms with van der Waals surface area (Å²) in [5.74, 6) is -0.120. The van der Waals surface area contributed by atoms with E-state index in [1.165, 1.54) is 11.3 Å². The number of hydrogen-bond donors (Lipinski definition) is 2. The maximum atomic E-state index is 12.4. The first kappa shape index (κ1) is 14.7. The van der Waals surface area contributed by atoms with Crippen LogP contribution < -0.4 is 11.1 Å². The Hall–Kier alpha value is -1.72. The molecule has 0 spiro atoms. The molecule has 0 bridgehead atoms. The first-order chi connectivity index (χ1) is 9.38. The van der Waals surface area contributed by atoms with Crippen LogP contribution in [-0.4, -0.2) is 10.9 Å². The van der Waals surface area contributed by atoms with Crippen LogP contribution in [0.15, 0.2) is 17.5 Å². The molecule has 1 unspecified atom stereocenters. The first-order valence-corrected chi connectivity index (χ1v) is 7.36. The predicted octanol–water partition coefficient (Wildman–Crippen LogP) is 3.34. The Morgan fingerprint density at radius 1 is 1.30 bits per heavy atom. The van der Waals surface area contributed by atoms with Crippen molar-refractivity contribution in [3.63, 3.8) is 0 Å². The zero-order chi connectivity index (χ0) is 14.9. The van der Waals surface area contributed by atoms with Crippen LogP contribution >= 0.6 is 11.3 Å². The van der Waals surface area contributed by atoms with Gasteiger partial charge in [0.25, 0.3) is 5.91 Å². The van der Waals surface area contributed by atoms with Crippen LogP contribution in [0, 0.1) is 20.8 Å². The Balaban J connectivity index is 2.24. The molecule has 2 aromatic rings. The monoisotopic (exact) mass is 289 g/mol. The molecule has 0 saturated heterocycles. The van der Waals surface area contributed by atoms with Crippen LogP contribution in [0.4, 0.5) is 5.13 Å². The fraction of sp³-hybridized carbons (Fsp3) is 0.333. The minimum absolute atomic E-state index is 0.120. The van der Waals surface area contributed by atoms with E-state index in [1.807, 2.05) is 45.2 Å². The van der Waals surface area contributed by atoms with E-state index in [9.17, 15) is 4.79 Å². The molecule has 1 aromatic carbocycles. The third kappa shape index (κ3) is 3.05. The second-order valence-corrected chi connectivity index (χ2v) is 5.95. The predicted molar refractivity (Wildman–Crippen MR) is 83.3 cm³/mol. The number of aryl methyl sites for hydroxylation is 3. The highest BCUT2D eigenvalue weighted by Gasteiger charge is 2.15. The third-order valence-corrected chi connectivity index (χ3v) is 3.89. The second kappa shape index (κ2) is 5.73. The van der Waals surface area contributed by atoms with Gasteiger partial charge in [0.2, 0.25) is 0 Å².